The number of halogens is 1. The Hall–Kier alpha value is -5.14. The Balaban J connectivity index is 1.50. The summed E-state index contributed by atoms with van der Waals surface area (Å²) in [5, 5.41) is 0. The van der Waals surface area contributed by atoms with Crippen molar-refractivity contribution in [2.24, 2.45) is 5.92 Å². The average Bonchev–Trinajstić information content (AvgIpc) is 3.32. The molecule has 0 aliphatic heterocycles. The van der Waals surface area contributed by atoms with E-state index in [1.807, 2.05) is 110 Å². The van der Waals surface area contributed by atoms with Gasteiger partial charge in [0.2, 0.25) is 0 Å². The number of nitrogens with zero attached hydrogens (tertiary/aromatic N) is 6. The van der Waals surface area contributed by atoms with Gasteiger partial charge in [0.15, 0.2) is 34.9 Å². The highest BCUT2D eigenvalue weighted by atomic mass is 79.9. The van der Waals surface area contributed by atoms with E-state index in [0.29, 0.717) is 46.4 Å². The molecule has 0 bridgehead atoms. The molecule has 1 aliphatic carbocycles. The molecule has 6 nitrogen and oxygen atoms in total. The van der Waals surface area contributed by atoms with Gasteiger partial charge in [0.1, 0.15) is 0 Å². The fraction of sp³-hybridized carbons (Fsp3) is 0.128. The highest BCUT2D eigenvalue weighted by Crippen LogP contribution is 2.32. The molecule has 226 valence electrons. The number of benzene rings is 3. The highest BCUT2D eigenvalue weighted by molar-refractivity contribution is 9.10. The maximum atomic E-state index is 5.01. The lowest BCUT2D eigenvalue weighted by molar-refractivity contribution is 0.663. The third kappa shape index (κ3) is 7.38. The van der Waals surface area contributed by atoms with Crippen molar-refractivity contribution in [2.75, 3.05) is 0 Å². The fourth-order valence-electron chi connectivity index (χ4n) is 5.08. The van der Waals surface area contributed by atoms with Gasteiger partial charge in [-0.15, -0.1) is 0 Å². The predicted octanol–water partition coefficient (Wildman–Crippen LogP) is 10.0. The quantitative estimate of drug-likeness (QED) is 0.154. The first kappa shape index (κ1) is 30.9. The Kier molecular flexibility index (Phi) is 9.60. The average molecular weight is 666 g/mol. The Morgan fingerprint density at radius 1 is 0.717 bits per heavy atom. The molecule has 1 atom stereocenters. The molecular weight excluding hydrogens is 632 g/mol. The molecule has 2 heterocycles. The van der Waals surface area contributed by atoms with E-state index in [0.717, 1.165) is 45.1 Å². The maximum Gasteiger partial charge on any atom is 0.164 e. The Morgan fingerprint density at radius 2 is 1.26 bits per heavy atom. The summed E-state index contributed by atoms with van der Waals surface area (Å²) in [5.41, 5.74) is 5.10. The van der Waals surface area contributed by atoms with E-state index >= 15 is 0 Å². The standard InChI is InChI=1S/C39H33BrN6/c1-4-5-8-16-27(3)34-41-35(28-17-9-6-10-18-28)44-38(42-34)31-23-32(25-33(40)24-31)39-45-36(29-19-11-7-12-20-29)43-37(46-39)30-21-14-13-15-26(2)22-30/h4-12,14,16-26H,3,13,15H2,1-2H3/b5-4-,16-8-. The van der Waals surface area contributed by atoms with Crippen molar-refractivity contribution in [1.29, 1.82) is 0 Å². The summed E-state index contributed by atoms with van der Waals surface area (Å²) in [4.78, 5) is 29.5. The first-order valence-electron chi connectivity index (χ1n) is 15.3. The molecule has 0 amide bonds. The molecule has 0 saturated heterocycles. The topological polar surface area (TPSA) is 77.3 Å². The largest absolute Gasteiger partial charge is 0.208 e. The Bertz CT molecular complexity index is 1990. The molecule has 7 heteroatoms. The van der Waals surface area contributed by atoms with Gasteiger partial charge in [-0.3, -0.25) is 0 Å². The summed E-state index contributed by atoms with van der Waals surface area (Å²) in [5.74, 6) is 3.84. The molecule has 46 heavy (non-hydrogen) atoms. The molecule has 1 unspecified atom stereocenters. The van der Waals surface area contributed by atoms with Gasteiger partial charge >= 0.3 is 0 Å². The number of aromatic nitrogens is 6. The van der Waals surface area contributed by atoms with Crippen LogP contribution in [-0.2, 0) is 0 Å². The summed E-state index contributed by atoms with van der Waals surface area (Å²) >= 11 is 3.74. The van der Waals surface area contributed by atoms with Crippen LogP contribution in [0, 0.1) is 5.92 Å². The van der Waals surface area contributed by atoms with E-state index in [2.05, 4.69) is 47.7 Å². The second-order valence-electron chi connectivity index (χ2n) is 11.1. The van der Waals surface area contributed by atoms with E-state index in [1.54, 1.807) is 0 Å². The fourth-order valence-corrected chi connectivity index (χ4v) is 5.58. The van der Waals surface area contributed by atoms with Crippen LogP contribution in [0.4, 0.5) is 0 Å². The molecule has 0 radical (unpaired) electrons. The molecule has 5 aromatic rings. The van der Waals surface area contributed by atoms with Crippen LogP contribution in [0.25, 0.3) is 56.7 Å². The van der Waals surface area contributed by atoms with Crippen molar-refractivity contribution in [2.45, 2.75) is 26.7 Å². The SMILES string of the molecule is C=C(/C=C\C=C/C)c1nc(-c2ccccc2)nc(-c2cc(Br)cc(-c3nc(C4=CC(C)CCC=C4)nc(-c4ccccc4)n3)c2)n1. The van der Waals surface area contributed by atoms with Gasteiger partial charge in [-0.1, -0.05) is 133 Å². The van der Waals surface area contributed by atoms with Crippen LogP contribution in [0.3, 0.4) is 0 Å². The van der Waals surface area contributed by atoms with Crippen molar-refractivity contribution < 1.29 is 0 Å². The number of allylic oxidation sites excluding steroid dienone is 9. The van der Waals surface area contributed by atoms with Crippen molar-refractivity contribution in [1.82, 2.24) is 29.9 Å². The number of hydrogen-bond donors (Lipinski definition) is 0. The molecule has 0 fully saturated rings. The van der Waals surface area contributed by atoms with Crippen LogP contribution in [0.15, 0.2) is 132 Å². The minimum atomic E-state index is 0.419. The molecule has 0 spiro atoms. The van der Waals surface area contributed by atoms with Crippen LogP contribution in [0.1, 0.15) is 38.3 Å². The second-order valence-corrected chi connectivity index (χ2v) is 12.0. The molecule has 1 aliphatic rings. The van der Waals surface area contributed by atoms with E-state index in [1.165, 1.54) is 0 Å². The first-order chi connectivity index (χ1) is 22.5. The van der Waals surface area contributed by atoms with Crippen LogP contribution >= 0.6 is 15.9 Å². The normalized spacial score (nSPS) is 14.8. The Morgan fingerprint density at radius 3 is 1.87 bits per heavy atom. The highest BCUT2D eigenvalue weighted by Gasteiger charge is 2.17. The van der Waals surface area contributed by atoms with Crippen LogP contribution in [-0.4, -0.2) is 29.9 Å². The summed E-state index contributed by atoms with van der Waals surface area (Å²) in [6, 6.07) is 25.9. The summed E-state index contributed by atoms with van der Waals surface area (Å²) in [6.45, 7) is 8.43. The van der Waals surface area contributed by atoms with Gasteiger partial charge < -0.3 is 0 Å². The molecule has 0 N–H and O–H groups in total. The van der Waals surface area contributed by atoms with Gasteiger partial charge in [0.05, 0.1) is 0 Å². The molecule has 0 saturated carbocycles. The summed E-state index contributed by atoms with van der Waals surface area (Å²) in [7, 11) is 0. The zero-order chi connectivity index (χ0) is 31.9. The minimum Gasteiger partial charge on any atom is -0.208 e. The number of rotatable bonds is 8. The van der Waals surface area contributed by atoms with E-state index in [9.17, 15) is 0 Å². The maximum absolute atomic E-state index is 5.01. The predicted molar refractivity (Wildman–Crippen MR) is 191 cm³/mol. The lowest BCUT2D eigenvalue weighted by Gasteiger charge is -2.12. The lowest BCUT2D eigenvalue weighted by atomic mass is 10.0. The minimum absolute atomic E-state index is 0.419. The molecular formula is C39H33BrN6. The van der Waals surface area contributed by atoms with Crippen molar-refractivity contribution in [3.8, 4) is 45.6 Å². The third-order valence-electron chi connectivity index (χ3n) is 7.45. The smallest absolute Gasteiger partial charge is 0.164 e. The zero-order valence-electron chi connectivity index (χ0n) is 25.8. The van der Waals surface area contributed by atoms with Crippen LogP contribution < -0.4 is 0 Å². The van der Waals surface area contributed by atoms with Gasteiger partial charge in [0, 0.05) is 37.9 Å². The van der Waals surface area contributed by atoms with Gasteiger partial charge in [-0.25, -0.2) is 29.9 Å². The molecule has 2 aromatic heterocycles. The van der Waals surface area contributed by atoms with Crippen LogP contribution in [0.2, 0.25) is 0 Å². The monoisotopic (exact) mass is 664 g/mol. The van der Waals surface area contributed by atoms with E-state index < -0.39 is 0 Å². The van der Waals surface area contributed by atoms with Gasteiger partial charge in [0.25, 0.3) is 0 Å². The summed E-state index contributed by atoms with van der Waals surface area (Å²) in [6.07, 6.45) is 16.4. The van der Waals surface area contributed by atoms with E-state index in [-0.39, 0.29) is 0 Å². The molecule has 6 rings (SSSR count). The van der Waals surface area contributed by atoms with Crippen LogP contribution in [0.5, 0.6) is 0 Å². The van der Waals surface area contributed by atoms with E-state index in [4.69, 9.17) is 29.9 Å². The van der Waals surface area contributed by atoms with Crippen molar-refractivity contribution in [3.63, 3.8) is 0 Å². The number of hydrogen-bond acceptors (Lipinski definition) is 6. The van der Waals surface area contributed by atoms with Crippen molar-refractivity contribution in [3.05, 3.63) is 144 Å². The lowest BCUT2D eigenvalue weighted by Crippen LogP contribution is -2.04. The van der Waals surface area contributed by atoms with Crippen molar-refractivity contribution >= 4 is 27.1 Å². The zero-order valence-corrected chi connectivity index (χ0v) is 27.4. The summed E-state index contributed by atoms with van der Waals surface area (Å²) < 4.78 is 0.848. The Labute approximate surface area is 278 Å². The molecule has 3 aromatic carbocycles. The third-order valence-corrected chi connectivity index (χ3v) is 7.90. The second kappa shape index (κ2) is 14.3. The first-order valence-corrected chi connectivity index (χ1v) is 16.1. The van der Waals surface area contributed by atoms with Gasteiger partial charge in [-0.2, -0.15) is 0 Å². The van der Waals surface area contributed by atoms with Gasteiger partial charge in [-0.05, 0) is 43.9 Å².